The van der Waals surface area contributed by atoms with Crippen molar-refractivity contribution >= 4 is 5.91 Å². The molecule has 0 aliphatic heterocycles. The maximum Gasteiger partial charge on any atom is 0.242 e. The van der Waals surface area contributed by atoms with Crippen LogP contribution in [-0.4, -0.2) is 32.7 Å². The summed E-state index contributed by atoms with van der Waals surface area (Å²) in [5, 5.41) is 4.13. The zero-order valence-corrected chi connectivity index (χ0v) is 11.2. The highest BCUT2D eigenvalue weighted by Crippen LogP contribution is 2.29. The van der Waals surface area contributed by atoms with E-state index in [-0.39, 0.29) is 5.91 Å². The highest BCUT2D eigenvalue weighted by molar-refractivity contribution is 5.86. The predicted molar refractivity (Wildman–Crippen MR) is 69.7 cm³/mol. The topological polar surface area (TPSA) is 64.2 Å². The van der Waals surface area contributed by atoms with Crippen LogP contribution in [0.4, 0.5) is 0 Å². The first-order valence-electron chi connectivity index (χ1n) is 6.61. The second kappa shape index (κ2) is 5.10. The van der Waals surface area contributed by atoms with Gasteiger partial charge in [-0.3, -0.25) is 9.48 Å². The Morgan fingerprint density at radius 1 is 1.56 bits per heavy atom. The number of hydrogen-bond acceptors (Lipinski definition) is 3. The molecular weight excluding hydrogens is 228 g/mol. The zero-order valence-electron chi connectivity index (χ0n) is 11.2. The Balaban J connectivity index is 2.06. The number of hydrogen-bond donors (Lipinski definition) is 1. The molecule has 1 aromatic heterocycles. The van der Waals surface area contributed by atoms with Crippen molar-refractivity contribution in [2.45, 2.75) is 44.7 Å². The maximum absolute atomic E-state index is 12.5. The monoisotopic (exact) mass is 250 g/mol. The largest absolute Gasteiger partial charge is 0.337 e. The lowest BCUT2D eigenvalue weighted by Gasteiger charge is -2.30. The van der Waals surface area contributed by atoms with Gasteiger partial charge in [-0.05, 0) is 19.8 Å². The summed E-state index contributed by atoms with van der Waals surface area (Å²) in [4.78, 5) is 14.3. The number of aromatic nitrogens is 2. The van der Waals surface area contributed by atoms with Gasteiger partial charge in [0.1, 0.15) is 0 Å². The van der Waals surface area contributed by atoms with E-state index in [1.165, 1.54) is 0 Å². The molecule has 5 heteroatoms. The Bertz CT molecular complexity index is 420. The quantitative estimate of drug-likeness (QED) is 0.868. The van der Waals surface area contributed by atoms with E-state index in [0.29, 0.717) is 13.1 Å². The summed E-state index contributed by atoms with van der Waals surface area (Å²) in [7, 11) is 1.88. The van der Waals surface area contributed by atoms with Crippen LogP contribution in [-0.2, 0) is 18.4 Å². The molecule has 1 fully saturated rings. The Kier molecular flexibility index (Phi) is 3.71. The van der Waals surface area contributed by atoms with Crippen LogP contribution in [0.1, 0.15) is 38.2 Å². The minimum atomic E-state index is -0.627. The molecule has 0 spiro atoms. The molecule has 0 atom stereocenters. The first-order valence-corrected chi connectivity index (χ1v) is 6.61. The van der Waals surface area contributed by atoms with Crippen LogP contribution >= 0.6 is 0 Å². The van der Waals surface area contributed by atoms with Crippen molar-refractivity contribution in [2.75, 3.05) is 6.54 Å². The molecule has 0 unspecified atom stereocenters. The molecule has 0 aromatic carbocycles. The maximum atomic E-state index is 12.5. The molecule has 2 rings (SSSR count). The predicted octanol–water partition coefficient (Wildman–Crippen LogP) is 1.04. The molecule has 0 radical (unpaired) electrons. The molecule has 0 saturated heterocycles. The van der Waals surface area contributed by atoms with Gasteiger partial charge in [0, 0.05) is 31.9 Å². The SMILES string of the molecule is CCN(Cc1cnn(C)c1)C(=O)C1(N)CCCC1. The van der Waals surface area contributed by atoms with E-state index >= 15 is 0 Å². The minimum absolute atomic E-state index is 0.0892. The fourth-order valence-electron chi connectivity index (χ4n) is 2.64. The zero-order chi connectivity index (χ0) is 13.2. The van der Waals surface area contributed by atoms with E-state index in [1.807, 2.05) is 25.1 Å². The van der Waals surface area contributed by atoms with Crippen molar-refractivity contribution in [1.29, 1.82) is 0 Å². The molecule has 1 aromatic rings. The Morgan fingerprint density at radius 3 is 2.72 bits per heavy atom. The molecule has 1 saturated carbocycles. The minimum Gasteiger partial charge on any atom is -0.337 e. The molecule has 18 heavy (non-hydrogen) atoms. The fraction of sp³-hybridized carbons (Fsp3) is 0.692. The van der Waals surface area contributed by atoms with Crippen LogP contribution in [0.15, 0.2) is 12.4 Å². The summed E-state index contributed by atoms with van der Waals surface area (Å²) in [5.41, 5.74) is 6.65. The smallest absolute Gasteiger partial charge is 0.242 e. The van der Waals surface area contributed by atoms with Crippen molar-refractivity contribution in [3.63, 3.8) is 0 Å². The van der Waals surface area contributed by atoms with Crippen molar-refractivity contribution in [3.05, 3.63) is 18.0 Å². The number of rotatable bonds is 4. The number of carbonyl (C=O) groups is 1. The summed E-state index contributed by atoms with van der Waals surface area (Å²) in [6.07, 6.45) is 7.49. The number of likely N-dealkylation sites (N-methyl/N-ethyl adjacent to an activating group) is 1. The van der Waals surface area contributed by atoms with Crippen molar-refractivity contribution in [2.24, 2.45) is 12.8 Å². The molecule has 1 aliphatic rings. The second-order valence-corrected chi connectivity index (χ2v) is 5.20. The molecule has 0 bridgehead atoms. The third-order valence-corrected chi connectivity index (χ3v) is 3.72. The number of nitrogens with two attached hydrogens (primary N) is 1. The van der Waals surface area contributed by atoms with Crippen LogP contribution in [0, 0.1) is 0 Å². The van der Waals surface area contributed by atoms with Crippen LogP contribution in [0.25, 0.3) is 0 Å². The van der Waals surface area contributed by atoms with Gasteiger partial charge in [0.05, 0.1) is 11.7 Å². The van der Waals surface area contributed by atoms with Gasteiger partial charge in [-0.2, -0.15) is 5.10 Å². The number of nitrogens with zero attached hydrogens (tertiary/aromatic N) is 3. The number of aryl methyl sites for hydroxylation is 1. The summed E-state index contributed by atoms with van der Waals surface area (Å²) in [6.45, 7) is 3.28. The number of amides is 1. The fourth-order valence-corrected chi connectivity index (χ4v) is 2.64. The van der Waals surface area contributed by atoms with E-state index in [1.54, 1.807) is 10.9 Å². The van der Waals surface area contributed by atoms with Crippen LogP contribution < -0.4 is 5.73 Å². The second-order valence-electron chi connectivity index (χ2n) is 5.20. The Hall–Kier alpha value is -1.36. The lowest BCUT2D eigenvalue weighted by Crippen LogP contribution is -2.53. The Morgan fingerprint density at radius 2 is 2.22 bits per heavy atom. The van der Waals surface area contributed by atoms with Gasteiger partial charge in [0.15, 0.2) is 0 Å². The summed E-state index contributed by atoms with van der Waals surface area (Å²) in [5.74, 6) is 0.0892. The van der Waals surface area contributed by atoms with Gasteiger partial charge in [0.2, 0.25) is 5.91 Å². The van der Waals surface area contributed by atoms with Crippen LogP contribution in [0.5, 0.6) is 0 Å². The van der Waals surface area contributed by atoms with E-state index in [4.69, 9.17) is 5.73 Å². The lowest BCUT2D eigenvalue weighted by molar-refractivity contribution is -0.137. The van der Waals surface area contributed by atoms with Crippen molar-refractivity contribution in [3.8, 4) is 0 Å². The van der Waals surface area contributed by atoms with Gasteiger partial charge in [-0.15, -0.1) is 0 Å². The average Bonchev–Trinajstić information content (AvgIpc) is 2.95. The molecule has 1 aliphatic carbocycles. The van der Waals surface area contributed by atoms with E-state index < -0.39 is 5.54 Å². The van der Waals surface area contributed by atoms with Gasteiger partial charge in [-0.25, -0.2) is 0 Å². The highest BCUT2D eigenvalue weighted by atomic mass is 16.2. The molecule has 5 nitrogen and oxygen atoms in total. The van der Waals surface area contributed by atoms with E-state index in [2.05, 4.69) is 5.10 Å². The summed E-state index contributed by atoms with van der Waals surface area (Å²) < 4.78 is 1.75. The Labute approximate surface area is 108 Å². The molecule has 1 amide bonds. The average molecular weight is 250 g/mol. The molecular formula is C13H22N4O. The van der Waals surface area contributed by atoms with Crippen LogP contribution in [0.3, 0.4) is 0 Å². The summed E-state index contributed by atoms with van der Waals surface area (Å²) >= 11 is 0. The highest BCUT2D eigenvalue weighted by Gasteiger charge is 2.39. The van der Waals surface area contributed by atoms with Crippen LogP contribution in [0.2, 0.25) is 0 Å². The molecule has 2 N–H and O–H groups in total. The van der Waals surface area contributed by atoms with Gasteiger partial charge >= 0.3 is 0 Å². The van der Waals surface area contributed by atoms with Gasteiger partial charge in [-0.1, -0.05) is 12.8 Å². The summed E-state index contributed by atoms with van der Waals surface area (Å²) in [6, 6.07) is 0. The van der Waals surface area contributed by atoms with E-state index in [0.717, 1.165) is 31.2 Å². The normalized spacial score (nSPS) is 17.9. The van der Waals surface area contributed by atoms with Crippen molar-refractivity contribution < 1.29 is 4.79 Å². The van der Waals surface area contributed by atoms with Gasteiger partial charge in [0.25, 0.3) is 0 Å². The van der Waals surface area contributed by atoms with E-state index in [9.17, 15) is 4.79 Å². The first kappa shape index (κ1) is 13.1. The third-order valence-electron chi connectivity index (χ3n) is 3.72. The standard InChI is InChI=1S/C13H22N4O/c1-3-17(10-11-8-15-16(2)9-11)12(18)13(14)6-4-5-7-13/h8-9H,3-7,10,14H2,1-2H3. The molecule has 100 valence electrons. The first-order chi connectivity index (χ1) is 8.55. The van der Waals surface area contributed by atoms with Gasteiger partial charge < -0.3 is 10.6 Å². The lowest BCUT2D eigenvalue weighted by atomic mass is 9.97. The molecule has 1 heterocycles. The van der Waals surface area contributed by atoms with Crippen molar-refractivity contribution in [1.82, 2.24) is 14.7 Å². The third kappa shape index (κ3) is 2.56. The number of carbonyl (C=O) groups excluding carboxylic acids is 1.